The predicted octanol–water partition coefficient (Wildman–Crippen LogP) is -0.646. The van der Waals surface area contributed by atoms with Crippen LogP contribution in [-0.4, -0.2) is 44.7 Å². The van der Waals surface area contributed by atoms with Gasteiger partial charge in [-0.05, 0) is 0 Å². The van der Waals surface area contributed by atoms with Crippen LogP contribution in [0, 0.1) is 0 Å². The SMILES string of the molecule is CO[C@H]1CNCC1NC(=O)C(F)F. The summed E-state index contributed by atoms with van der Waals surface area (Å²) < 4.78 is 28.7. The summed E-state index contributed by atoms with van der Waals surface area (Å²) in [7, 11) is 1.49. The fraction of sp³-hybridized carbons (Fsp3) is 0.857. The van der Waals surface area contributed by atoms with E-state index in [1.54, 1.807) is 0 Å². The van der Waals surface area contributed by atoms with Crippen molar-refractivity contribution < 1.29 is 18.3 Å². The van der Waals surface area contributed by atoms with E-state index in [4.69, 9.17) is 4.74 Å². The number of carbonyl (C=O) groups excluding carboxylic acids is 1. The van der Waals surface area contributed by atoms with Gasteiger partial charge in [-0.2, -0.15) is 8.78 Å². The molecule has 6 heteroatoms. The van der Waals surface area contributed by atoms with Gasteiger partial charge in [0.1, 0.15) is 0 Å². The van der Waals surface area contributed by atoms with Gasteiger partial charge in [-0.15, -0.1) is 0 Å². The molecule has 0 radical (unpaired) electrons. The first-order valence-electron chi connectivity index (χ1n) is 3.97. The lowest BCUT2D eigenvalue weighted by Crippen LogP contribution is -2.45. The molecular weight excluding hydrogens is 182 g/mol. The quantitative estimate of drug-likeness (QED) is 0.628. The molecule has 1 aliphatic heterocycles. The predicted molar refractivity (Wildman–Crippen MR) is 41.6 cm³/mol. The topological polar surface area (TPSA) is 50.4 Å². The fourth-order valence-corrected chi connectivity index (χ4v) is 1.29. The van der Waals surface area contributed by atoms with Crippen molar-refractivity contribution in [2.45, 2.75) is 18.6 Å². The van der Waals surface area contributed by atoms with Crippen LogP contribution < -0.4 is 10.6 Å². The Balaban J connectivity index is 2.39. The minimum atomic E-state index is -2.96. The molecule has 1 unspecified atom stereocenters. The molecule has 2 N–H and O–H groups in total. The summed E-state index contributed by atoms with van der Waals surface area (Å²) in [4.78, 5) is 10.6. The number of rotatable bonds is 3. The Kier molecular flexibility index (Phi) is 3.56. The highest BCUT2D eigenvalue weighted by atomic mass is 19.3. The zero-order valence-corrected chi connectivity index (χ0v) is 7.22. The van der Waals surface area contributed by atoms with Crippen molar-refractivity contribution in [3.8, 4) is 0 Å². The number of hydrogen-bond donors (Lipinski definition) is 2. The van der Waals surface area contributed by atoms with Gasteiger partial charge in [-0.3, -0.25) is 4.79 Å². The maximum Gasteiger partial charge on any atom is 0.315 e. The van der Waals surface area contributed by atoms with Crippen molar-refractivity contribution in [1.29, 1.82) is 0 Å². The summed E-state index contributed by atoms with van der Waals surface area (Å²) in [6, 6.07) is -0.355. The number of hydrogen-bond acceptors (Lipinski definition) is 3. The van der Waals surface area contributed by atoms with Crippen LogP contribution in [0.1, 0.15) is 0 Å². The summed E-state index contributed by atoms with van der Waals surface area (Å²) >= 11 is 0. The Hall–Kier alpha value is -0.750. The van der Waals surface area contributed by atoms with Crippen LogP contribution in [0.2, 0.25) is 0 Å². The van der Waals surface area contributed by atoms with Gasteiger partial charge in [-0.1, -0.05) is 0 Å². The average molecular weight is 194 g/mol. The number of amides is 1. The van der Waals surface area contributed by atoms with E-state index in [0.29, 0.717) is 13.1 Å². The molecule has 2 atom stereocenters. The van der Waals surface area contributed by atoms with Crippen molar-refractivity contribution in [2.75, 3.05) is 20.2 Å². The molecule has 1 saturated heterocycles. The van der Waals surface area contributed by atoms with Crippen LogP contribution in [0.25, 0.3) is 0 Å². The number of halogens is 2. The number of carbonyl (C=O) groups is 1. The summed E-state index contributed by atoms with van der Waals surface area (Å²) in [5.74, 6) is -1.24. The average Bonchev–Trinajstić information content (AvgIpc) is 2.51. The van der Waals surface area contributed by atoms with Gasteiger partial charge in [-0.25, -0.2) is 0 Å². The van der Waals surface area contributed by atoms with E-state index in [-0.39, 0.29) is 12.1 Å². The summed E-state index contributed by atoms with van der Waals surface area (Å²) in [5.41, 5.74) is 0. The molecule has 1 aliphatic rings. The second-order valence-electron chi connectivity index (χ2n) is 2.85. The summed E-state index contributed by atoms with van der Waals surface area (Å²) in [5, 5.41) is 5.14. The highest BCUT2D eigenvalue weighted by molar-refractivity contribution is 5.79. The van der Waals surface area contributed by atoms with Crippen LogP contribution in [-0.2, 0) is 9.53 Å². The molecule has 0 aliphatic carbocycles. The number of ether oxygens (including phenoxy) is 1. The second-order valence-corrected chi connectivity index (χ2v) is 2.85. The van der Waals surface area contributed by atoms with Crippen molar-refractivity contribution in [1.82, 2.24) is 10.6 Å². The van der Waals surface area contributed by atoms with Crippen LogP contribution >= 0.6 is 0 Å². The van der Waals surface area contributed by atoms with E-state index in [9.17, 15) is 13.6 Å². The standard InChI is InChI=1S/C7H12F2N2O2/c1-13-5-3-10-2-4(5)11-7(12)6(8)9/h4-6,10H,2-3H2,1H3,(H,11,12)/t4?,5-/m0/s1. The Labute approximate surface area is 74.6 Å². The first-order chi connectivity index (χ1) is 6.15. The molecule has 1 rings (SSSR count). The highest BCUT2D eigenvalue weighted by Gasteiger charge is 2.30. The van der Waals surface area contributed by atoms with Crippen molar-refractivity contribution in [3.05, 3.63) is 0 Å². The third-order valence-electron chi connectivity index (χ3n) is 1.99. The van der Waals surface area contributed by atoms with E-state index in [0.717, 1.165) is 0 Å². The molecule has 0 aromatic rings. The summed E-state index contributed by atoms with van der Waals surface area (Å²) in [6.07, 6.45) is -3.18. The molecule has 76 valence electrons. The number of methoxy groups -OCH3 is 1. The van der Waals surface area contributed by atoms with E-state index in [1.165, 1.54) is 7.11 Å². The van der Waals surface area contributed by atoms with E-state index < -0.39 is 12.3 Å². The Morgan fingerprint density at radius 2 is 2.31 bits per heavy atom. The first-order valence-corrected chi connectivity index (χ1v) is 3.97. The van der Waals surface area contributed by atoms with Gasteiger partial charge in [0.2, 0.25) is 0 Å². The third-order valence-corrected chi connectivity index (χ3v) is 1.99. The molecular formula is C7H12F2N2O2. The molecule has 1 fully saturated rings. The van der Waals surface area contributed by atoms with E-state index >= 15 is 0 Å². The minimum absolute atomic E-state index is 0.220. The zero-order chi connectivity index (χ0) is 9.84. The number of alkyl halides is 2. The van der Waals surface area contributed by atoms with Crippen LogP contribution in [0.4, 0.5) is 8.78 Å². The first kappa shape index (κ1) is 10.3. The molecule has 4 nitrogen and oxygen atoms in total. The van der Waals surface area contributed by atoms with Crippen LogP contribution in [0.3, 0.4) is 0 Å². The zero-order valence-electron chi connectivity index (χ0n) is 7.22. The normalized spacial score (nSPS) is 28.0. The van der Waals surface area contributed by atoms with Crippen molar-refractivity contribution in [3.63, 3.8) is 0 Å². The fourth-order valence-electron chi connectivity index (χ4n) is 1.29. The molecule has 0 aromatic carbocycles. The molecule has 1 amide bonds. The molecule has 0 saturated carbocycles. The monoisotopic (exact) mass is 194 g/mol. The third kappa shape index (κ3) is 2.60. The lowest BCUT2D eigenvalue weighted by atomic mass is 10.2. The maximum absolute atomic E-state index is 11.8. The minimum Gasteiger partial charge on any atom is -0.378 e. The number of nitrogens with one attached hydrogen (secondary N) is 2. The lowest BCUT2D eigenvalue weighted by molar-refractivity contribution is -0.133. The Bertz CT molecular complexity index is 189. The Morgan fingerprint density at radius 3 is 2.85 bits per heavy atom. The molecule has 0 spiro atoms. The van der Waals surface area contributed by atoms with Gasteiger partial charge in [0.25, 0.3) is 5.91 Å². The maximum atomic E-state index is 11.8. The van der Waals surface area contributed by atoms with Crippen molar-refractivity contribution >= 4 is 5.91 Å². The molecule has 1 heterocycles. The molecule has 13 heavy (non-hydrogen) atoms. The van der Waals surface area contributed by atoms with Crippen LogP contribution in [0.15, 0.2) is 0 Å². The lowest BCUT2D eigenvalue weighted by Gasteiger charge is -2.17. The van der Waals surface area contributed by atoms with Gasteiger partial charge in [0.15, 0.2) is 0 Å². The molecule has 0 bridgehead atoms. The molecule has 0 aromatic heterocycles. The van der Waals surface area contributed by atoms with Gasteiger partial charge in [0, 0.05) is 20.2 Å². The van der Waals surface area contributed by atoms with Gasteiger partial charge < -0.3 is 15.4 Å². The largest absolute Gasteiger partial charge is 0.378 e. The van der Waals surface area contributed by atoms with Gasteiger partial charge in [0.05, 0.1) is 12.1 Å². The van der Waals surface area contributed by atoms with Gasteiger partial charge >= 0.3 is 6.43 Å². The summed E-state index contributed by atoms with van der Waals surface area (Å²) in [6.45, 7) is 1.04. The highest BCUT2D eigenvalue weighted by Crippen LogP contribution is 2.04. The second kappa shape index (κ2) is 4.48. The van der Waals surface area contributed by atoms with Crippen molar-refractivity contribution in [2.24, 2.45) is 0 Å². The van der Waals surface area contributed by atoms with E-state index in [1.807, 2.05) is 0 Å². The van der Waals surface area contributed by atoms with Crippen LogP contribution in [0.5, 0.6) is 0 Å². The Morgan fingerprint density at radius 1 is 1.62 bits per heavy atom. The smallest absolute Gasteiger partial charge is 0.315 e. The van der Waals surface area contributed by atoms with E-state index in [2.05, 4.69) is 10.6 Å².